The Balaban J connectivity index is 0.00000147. The predicted octanol–water partition coefficient (Wildman–Crippen LogP) is 0.899. The molecule has 2 heterocycles. The lowest BCUT2D eigenvalue weighted by Gasteiger charge is -2.27. The number of aromatic amines is 1. The number of H-pyrrole nitrogens is 1. The van der Waals surface area contributed by atoms with Crippen LogP contribution in [0.3, 0.4) is 0 Å². The molecule has 1 amide bonds. The molecule has 1 saturated heterocycles. The monoisotopic (exact) mass is 293 g/mol. The molecule has 1 aromatic carbocycles. The van der Waals surface area contributed by atoms with Gasteiger partial charge in [-0.1, -0.05) is 18.2 Å². The van der Waals surface area contributed by atoms with E-state index >= 15 is 0 Å². The summed E-state index contributed by atoms with van der Waals surface area (Å²) < 4.78 is 0. The second kappa shape index (κ2) is 6.07. The average molecular weight is 294 g/mol. The standard InChI is InChI=1S/C14H15N3O2.ClH/c18-13-11-4-2-1-3-10(11)5-12(17-13)14(19)16-8-9-6-15-7-9;/h1-5,9,15H,6-8H2,(H,16,19)(H,17,18);1H. The molecule has 0 atom stereocenters. The number of carbonyl (C=O) groups excluding carboxylic acids is 1. The largest absolute Gasteiger partial charge is 0.350 e. The van der Waals surface area contributed by atoms with Gasteiger partial charge in [0, 0.05) is 30.9 Å². The number of aromatic nitrogens is 1. The molecule has 6 heteroatoms. The maximum Gasteiger partial charge on any atom is 0.267 e. The number of hydrogen-bond donors (Lipinski definition) is 3. The lowest BCUT2D eigenvalue weighted by atomic mass is 10.0. The summed E-state index contributed by atoms with van der Waals surface area (Å²) in [5.41, 5.74) is 0.0875. The molecule has 1 aliphatic rings. The number of amides is 1. The Morgan fingerprint density at radius 3 is 2.75 bits per heavy atom. The van der Waals surface area contributed by atoms with Gasteiger partial charge in [-0.2, -0.15) is 0 Å². The van der Waals surface area contributed by atoms with Gasteiger partial charge in [0.1, 0.15) is 5.69 Å². The second-order valence-electron chi connectivity index (χ2n) is 4.83. The van der Waals surface area contributed by atoms with Gasteiger partial charge in [0.15, 0.2) is 0 Å². The van der Waals surface area contributed by atoms with Crippen molar-refractivity contribution in [3.63, 3.8) is 0 Å². The second-order valence-corrected chi connectivity index (χ2v) is 4.83. The van der Waals surface area contributed by atoms with Gasteiger partial charge >= 0.3 is 0 Å². The van der Waals surface area contributed by atoms with Gasteiger partial charge < -0.3 is 15.6 Å². The van der Waals surface area contributed by atoms with Gasteiger partial charge in [-0.3, -0.25) is 9.59 Å². The third-order valence-electron chi connectivity index (χ3n) is 3.42. The molecule has 2 aromatic rings. The lowest BCUT2D eigenvalue weighted by molar-refractivity contribution is 0.0937. The van der Waals surface area contributed by atoms with Crippen LogP contribution in [0.25, 0.3) is 10.8 Å². The van der Waals surface area contributed by atoms with Crippen LogP contribution >= 0.6 is 12.4 Å². The highest BCUT2D eigenvalue weighted by atomic mass is 35.5. The number of halogens is 1. The van der Waals surface area contributed by atoms with E-state index < -0.39 is 0 Å². The first-order chi connectivity index (χ1) is 9.24. The molecule has 3 N–H and O–H groups in total. The summed E-state index contributed by atoms with van der Waals surface area (Å²) in [4.78, 5) is 26.5. The van der Waals surface area contributed by atoms with Crippen LogP contribution in [0.1, 0.15) is 10.5 Å². The van der Waals surface area contributed by atoms with E-state index in [0.717, 1.165) is 18.5 Å². The van der Waals surface area contributed by atoms with Crippen LogP contribution in [0.2, 0.25) is 0 Å². The molecule has 0 unspecified atom stereocenters. The van der Waals surface area contributed by atoms with E-state index in [4.69, 9.17) is 0 Å². The lowest BCUT2D eigenvalue weighted by Crippen LogP contribution is -2.48. The summed E-state index contributed by atoms with van der Waals surface area (Å²) in [6.07, 6.45) is 0. The molecular weight excluding hydrogens is 278 g/mol. The minimum atomic E-state index is -0.228. The van der Waals surface area contributed by atoms with Crippen molar-refractivity contribution in [3.8, 4) is 0 Å². The molecule has 0 bridgehead atoms. The van der Waals surface area contributed by atoms with Crippen molar-refractivity contribution in [2.24, 2.45) is 5.92 Å². The fourth-order valence-corrected chi connectivity index (χ4v) is 2.16. The fourth-order valence-electron chi connectivity index (χ4n) is 2.16. The third kappa shape index (κ3) is 2.84. The zero-order valence-electron chi connectivity index (χ0n) is 10.8. The summed E-state index contributed by atoms with van der Waals surface area (Å²) in [6.45, 7) is 2.52. The van der Waals surface area contributed by atoms with Crippen LogP contribution in [0.4, 0.5) is 0 Å². The fraction of sp³-hybridized carbons (Fsp3) is 0.286. The first-order valence-corrected chi connectivity index (χ1v) is 6.35. The maximum absolute atomic E-state index is 12.0. The van der Waals surface area contributed by atoms with Crippen molar-refractivity contribution in [1.29, 1.82) is 0 Å². The Morgan fingerprint density at radius 1 is 1.30 bits per heavy atom. The number of nitrogens with one attached hydrogen (secondary N) is 3. The number of fused-ring (bicyclic) bond motifs is 1. The normalized spacial score (nSPS) is 14.4. The van der Waals surface area contributed by atoms with Crippen LogP contribution < -0.4 is 16.2 Å². The van der Waals surface area contributed by atoms with Crippen LogP contribution in [0.5, 0.6) is 0 Å². The van der Waals surface area contributed by atoms with E-state index in [1.54, 1.807) is 18.2 Å². The molecule has 20 heavy (non-hydrogen) atoms. The molecule has 0 saturated carbocycles. The van der Waals surface area contributed by atoms with E-state index in [1.807, 2.05) is 12.1 Å². The molecule has 5 nitrogen and oxygen atoms in total. The molecule has 106 valence electrons. The number of pyridine rings is 1. The highest BCUT2D eigenvalue weighted by molar-refractivity contribution is 5.96. The van der Waals surface area contributed by atoms with Crippen LogP contribution in [-0.4, -0.2) is 30.5 Å². The van der Waals surface area contributed by atoms with Crippen molar-refractivity contribution < 1.29 is 4.79 Å². The van der Waals surface area contributed by atoms with Gasteiger partial charge in [0.2, 0.25) is 0 Å². The summed E-state index contributed by atoms with van der Waals surface area (Å²) in [5, 5.41) is 7.37. The molecule has 0 radical (unpaired) electrons. The SMILES string of the molecule is Cl.O=C(NCC1CNC1)c1cc2ccccc2c(=O)[nH]1. The zero-order chi connectivity index (χ0) is 13.2. The van der Waals surface area contributed by atoms with Crippen molar-refractivity contribution in [1.82, 2.24) is 15.6 Å². The van der Waals surface area contributed by atoms with Crippen molar-refractivity contribution in [2.75, 3.05) is 19.6 Å². The van der Waals surface area contributed by atoms with E-state index in [-0.39, 0.29) is 23.9 Å². The van der Waals surface area contributed by atoms with E-state index in [1.165, 1.54) is 0 Å². The van der Waals surface area contributed by atoms with Gasteiger partial charge in [-0.25, -0.2) is 0 Å². The molecule has 0 spiro atoms. The van der Waals surface area contributed by atoms with Crippen LogP contribution in [0.15, 0.2) is 35.1 Å². The Kier molecular flexibility index (Phi) is 4.42. The number of hydrogen-bond acceptors (Lipinski definition) is 3. The van der Waals surface area contributed by atoms with Gasteiger partial charge in [-0.15, -0.1) is 12.4 Å². The van der Waals surface area contributed by atoms with Crippen molar-refractivity contribution in [2.45, 2.75) is 0 Å². The Bertz CT molecular complexity index is 679. The molecule has 1 aromatic heterocycles. The quantitative estimate of drug-likeness (QED) is 0.787. The number of rotatable bonds is 3. The molecule has 0 aliphatic carbocycles. The summed E-state index contributed by atoms with van der Waals surface area (Å²) >= 11 is 0. The highest BCUT2D eigenvalue weighted by Crippen LogP contribution is 2.10. The van der Waals surface area contributed by atoms with Gasteiger partial charge in [0.05, 0.1) is 0 Å². The number of benzene rings is 1. The van der Waals surface area contributed by atoms with Crippen LogP contribution in [-0.2, 0) is 0 Å². The summed E-state index contributed by atoms with van der Waals surface area (Å²) in [7, 11) is 0. The van der Waals surface area contributed by atoms with Crippen LogP contribution in [0, 0.1) is 5.92 Å². The third-order valence-corrected chi connectivity index (χ3v) is 3.42. The summed E-state index contributed by atoms with van der Waals surface area (Å²) in [6, 6.07) is 8.95. The first kappa shape index (κ1) is 14.6. The Labute approximate surface area is 122 Å². The van der Waals surface area contributed by atoms with E-state index in [9.17, 15) is 9.59 Å². The highest BCUT2D eigenvalue weighted by Gasteiger charge is 2.18. The minimum Gasteiger partial charge on any atom is -0.350 e. The molecule has 1 fully saturated rings. The van der Waals surface area contributed by atoms with E-state index in [2.05, 4.69) is 15.6 Å². The number of carbonyl (C=O) groups is 1. The minimum absolute atomic E-state index is 0. The van der Waals surface area contributed by atoms with E-state index in [0.29, 0.717) is 23.5 Å². The Morgan fingerprint density at radius 2 is 2.05 bits per heavy atom. The predicted molar refractivity (Wildman–Crippen MR) is 80.5 cm³/mol. The topological polar surface area (TPSA) is 74.0 Å². The molecule has 3 rings (SSSR count). The zero-order valence-corrected chi connectivity index (χ0v) is 11.6. The van der Waals surface area contributed by atoms with Crippen molar-refractivity contribution >= 4 is 29.1 Å². The smallest absolute Gasteiger partial charge is 0.267 e. The Hall–Kier alpha value is -1.85. The molecule has 1 aliphatic heterocycles. The first-order valence-electron chi connectivity index (χ1n) is 6.35. The maximum atomic E-state index is 12.0. The molecular formula is C14H16ClN3O2. The average Bonchev–Trinajstić information content (AvgIpc) is 2.36. The summed E-state index contributed by atoms with van der Waals surface area (Å²) in [5.74, 6) is 0.269. The van der Waals surface area contributed by atoms with Gasteiger partial charge in [-0.05, 0) is 17.5 Å². The van der Waals surface area contributed by atoms with Gasteiger partial charge in [0.25, 0.3) is 11.5 Å². The van der Waals surface area contributed by atoms with Crippen molar-refractivity contribution in [3.05, 3.63) is 46.4 Å².